The maximum absolute atomic E-state index is 12.2. The number of amides is 2. The lowest BCUT2D eigenvalue weighted by molar-refractivity contribution is -0.367. The number of carbonyl (C=O) groups excluding carboxylic acids is 2. The van der Waals surface area contributed by atoms with Crippen molar-refractivity contribution in [2.45, 2.75) is 137 Å². The molecule has 296 valence electrons. The Morgan fingerprint density at radius 2 is 1.00 bits per heavy atom. The van der Waals surface area contributed by atoms with Crippen molar-refractivity contribution in [3.05, 3.63) is 0 Å². The van der Waals surface area contributed by atoms with E-state index in [1.165, 1.54) is 0 Å². The lowest BCUT2D eigenvalue weighted by atomic mass is 9.94. The van der Waals surface area contributed by atoms with Gasteiger partial charge in [-0.1, -0.05) is 0 Å². The summed E-state index contributed by atoms with van der Waals surface area (Å²) in [6, 6.07) is -2.97. The lowest BCUT2D eigenvalue weighted by Crippen LogP contribution is -2.69. The number of ether oxygens (including phenoxy) is 7. The minimum Gasteiger partial charge on any atom is -0.394 e. The summed E-state index contributed by atoms with van der Waals surface area (Å²) in [4.78, 5) is 23.9. The fourth-order valence-electron chi connectivity index (χ4n) is 6.25. The van der Waals surface area contributed by atoms with Gasteiger partial charge in [-0.15, -0.1) is 0 Å². The van der Waals surface area contributed by atoms with Crippen LogP contribution in [0.3, 0.4) is 0 Å². The van der Waals surface area contributed by atoms with E-state index in [4.69, 9.17) is 33.2 Å². The molecule has 0 aromatic rings. The van der Waals surface area contributed by atoms with Gasteiger partial charge in [0.25, 0.3) is 0 Å². The molecule has 2 amide bonds. The molecule has 51 heavy (non-hydrogen) atoms. The normalized spacial score (nSPS) is 47.8. The number of carbonyl (C=O) groups is 2. The van der Waals surface area contributed by atoms with Gasteiger partial charge in [0.1, 0.15) is 97.5 Å². The number of aliphatic hydroxyl groups excluding tert-OH is 12. The van der Waals surface area contributed by atoms with E-state index in [1.54, 1.807) is 0 Å². The van der Waals surface area contributed by atoms with Gasteiger partial charge in [-0.2, -0.15) is 0 Å². The van der Waals surface area contributed by atoms with E-state index < -0.39 is 161 Å². The Kier molecular flexibility index (Phi) is 14.8. The first-order valence-corrected chi connectivity index (χ1v) is 16.1. The minimum absolute atomic E-state index is 0.641. The highest BCUT2D eigenvalue weighted by Crippen LogP contribution is 2.33. The van der Waals surface area contributed by atoms with Crippen LogP contribution in [0.2, 0.25) is 0 Å². The molecule has 4 saturated heterocycles. The third kappa shape index (κ3) is 9.29. The summed E-state index contributed by atoms with van der Waals surface area (Å²) in [7, 11) is 0. The van der Waals surface area contributed by atoms with Gasteiger partial charge in [-0.05, 0) is 0 Å². The van der Waals surface area contributed by atoms with Crippen LogP contribution in [0.5, 0.6) is 0 Å². The van der Waals surface area contributed by atoms with Crippen molar-refractivity contribution < 1.29 is 104 Å². The molecule has 0 unspecified atom stereocenters. The zero-order valence-corrected chi connectivity index (χ0v) is 27.4. The molecule has 23 nitrogen and oxygen atoms in total. The third-order valence-electron chi connectivity index (χ3n) is 8.99. The van der Waals surface area contributed by atoms with E-state index in [0.717, 1.165) is 13.8 Å². The summed E-state index contributed by atoms with van der Waals surface area (Å²) in [5, 5.41) is 129. The summed E-state index contributed by atoms with van der Waals surface area (Å²) in [5.41, 5.74) is 0. The van der Waals surface area contributed by atoms with E-state index in [9.17, 15) is 70.9 Å². The Labute approximate surface area is 289 Å². The van der Waals surface area contributed by atoms with E-state index >= 15 is 0 Å². The second kappa shape index (κ2) is 18.0. The number of hydrogen-bond acceptors (Lipinski definition) is 21. The van der Waals surface area contributed by atoms with Crippen LogP contribution >= 0.6 is 0 Å². The Bertz CT molecular complexity index is 1140. The largest absolute Gasteiger partial charge is 0.394 e. The molecule has 4 rings (SSSR count). The average molecular weight is 749 g/mol. The fraction of sp³-hybridized carbons (Fsp3) is 0.929. The first-order valence-electron chi connectivity index (χ1n) is 16.1. The second-order valence-corrected chi connectivity index (χ2v) is 12.7. The Balaban J connectivity index is 1.50. The zero-order valence-electron chi connectivity index (χ0n) is 27.4. The van der Waals surface area contributed by atoms with Crippen LogP contribution in [-0.2, 0) is 42.7 Å². The maximum atomic E-state index is 12.2. The standard InChI is InChI=1S/C28H48N2O21/c1-7(34)29-13-18(39)15(36)9(3-31)47-26(13)45-6-12-17(38)24(22(43)25(44)46-12)51-27-14(30-8(2)35)19(40)23(11(5-33)49-27)50-28-21(42)20(41)16(37)10(4-32)48-28/h9-28,31-33,36-44H,3-6H2,1-2H3,(H,29,34)(H,30,35)/t9-,10-,11-,12-,13-,14-,15-,16+,17+,18-,19-,20+,21-,22-,23-,24+,25-,26-,27+,28+/m1/s1. The highest BCUT2D eigenvalue weighted by molar-refractivity contribution is 5.73. The van der Waals surface area contributed by atoms with Gasteiger partial charge in [-0.25, -0.2) is 0 Å². The van der Waals surface area contributed by atoms with Gasteiger partial charge in [0.2, 0.25) is 11.8 Å². The van der Waals surface area contributed by atoms with Crippen molar-refractivity contribution in [2.24, 2.45) is 0 Å². The predicted octanol–water partition coefficient (Wildman–Crippen LogP) is -9.46. The van der Waals surface area contributed by atoms with Gasteiger partial charge in [0, 0.05) is 13.8 Å². The average Bonchev–Trinajstić information content (AvgIpc) is 3.08. The summed E-state index contributed by atoms with van der Waals surface area (Å²) in [6.45, 7) is -0.955. The Morgan fingerprint density at radius 1 is 0.510 bits per heavy atom. The minimum atomic E-state index is -2.05. The molecule has 20 atom stereocenters. The van der Waals surface area contributed by atoms with Gasteiger partial charge >= 0.3 is 0 Å². The molecule has 4 fully saturated rings. The highest BCUT2D eigenvalue weighted by atomic mass is 16.7. The molecule has 4 heterocycles. The molecular formula is C28H48N2O21. The van der Waals surface area contributed by atoms with Crippen LogP contribution in [-0.4, -0.2) is 222 Å². The van der Waals surface area contributed by atoms with Crippen LogP contribution < -0.4 is 10.6 Å². The van der Waals surface area contributed by atoms with Crippen LogP contribution in [0.25, 0.3) is 0 Å². The topological polar surface area (TPSA) is 366 Å². The maximum Gasteiger partial charge on any atom is 0.217 e. The van der Waals surface area contributed by atoms with E-state index in [0.29, 0.717) is 0 Å². The first kappa shape index (κ1) is 41.9. The summed E-state index contributed by atoms with van der Waals surface area (Å²) in [6.07, 6.45) is -31.0. The van der Waals surface area contributed by atoms with Crippen LogP contribution in [0, 0.1) is 0 Å². The fourth-order valence-corrected chi connectivity index (χ4v) is 6.25. The van der Waals surface area contributed by atoms with Gasteiger partial charge < -0.3 is 105 Å². The summed E-state index contributed by atoms with van der Waals surface area (Å²) >= 11 is 0. The van der Waals surface area contributed by atoms with Gasteiger partial charge in [-0.3, -0.25) is 9.59 Å². The molecule has 0 aromatic heterocycles. The molecule has 0 radical (unpaired) electrons. The Hall–Kier alpha value is -1.82. The molecule has 14 N–H and O–H groups in total. The van der Waals surface area contributed by atoms with Crippen molar-refractivity contribution in [3.63, 3.8) is 0 Å². The van der Waals surface area contributed by atoms with E-state index in [1.807, 2.05) is 0 Å². The first-order chi connectivity index (χ1) is 24.0. The van der Waals surface area contributed by atoms with Gasteiger partial charge in [0.05, 0.1) is 26.4 Å². The van der Waals surface area contributed by atoms with Crippen LogP contribution in [0.1, 0.15) is 13.8 Å². The second-order valence-electron chi connectivity index (χ2n) is 12.7. The lowest BCUT2D eigenvalue weighted by Gasteiger charge is -2.49. The number of nitrogens with one attached hydrogen (secondary N) is 2. The molecule has 4 aliphatic rings. The molecular weight excluding hydrogens is 700 g/mol. The van der Waals surface area contributed by atoms with Crippen molar-refractivity contribution in [1.29, 1.82) is 0 Å². The van der Waals surface area contributed by atoms with Crippen molar-refractivity contribution >= 4 is 11.8 Å². The molecule has 0 saturated carbocycles. The quantitative estimate of drug-likeness (QED) is 0.0881. The SMILES string of the molecule is CC(=O)N[C@H]1[C@H](O[C@@H]2[C@@H](O)[C@H](O)O[C@H](CO[C@@H]3O[C@H](CO)[C@@H](O)[C@H](O)[C@H]3NC(C)=O)[C@@H]2O)O[C@H](CO)[C@@H](O[C@@H]2O[C@H](CO)[C@H](O)[C@H](O)[C@H]2O)[C@@H]1O. The van der Waals surface area contributed by atoms with Crippen LogP contribution in [0.15, 0.2) is 0 Å². The summed E-state index contributed by atoms with van der Waals surface area (Å²) in [5.74, 6) is -1.39. The Morgan fingerprint density at radius 3 is 1.55 bits per heavy atom. The molecule has 0 bridgehead atoms. The number of hydrogen-bond donors (Lipinski definition) is 14. The number of rotatable bonds is 12. The molecule has 0 spiro atoms. The zero-order chi connectivity index (χ0) is 37.9. The van der Waals surface area contributed by atoms with E-state index in [-0.39, 0.29) is 0 Å². The predicted molar refractivity (Wildman–Crippen MR) is 157 cm³/mol. The molecule has 0 aromatic carbocycles. The van der Waals surface area contributed by atoms with Gasteiger partial charge in [0.15, 0.2) is 25.2 Å². The molecule has 0 aliphatic carbocycles. The molecule has 4 aliphatic heterocycles. The number of aliphatic hydroxyl groups is 12. The van der Waals surface area contributed by atoms with Crippen molar-refractivity contribution in [2.75, 3.05) is 26.4 Å². The third-order valence-corrected chi connectivity index (χ3v) is 8.99. The van der Waals surface area contributed by atoms with Crippen LogP contribution in [0.4, 0.5) is 0 Å². The summed E-state index contributed by atoms with van der Waals surface area (Å²) < 4.78 is 38.9. The van der Waals surface area contributed by atoms with E-state index in [2.05, 4.69) is 10.6 Å². The van der Waals surface area contributed by atoms with Crippen molar-refractivity contribution in [3.8, 4) is 0 Å². The molecule has 23 heteroatoms. The highest BCUT2D eigenvalue weighted by Gasteiger charge is 2.54. The monoisotopic (exact) mass is 748 g/mol. The smallest absolute Gasteiger partial charge is 0.217 e. The van der Waals surface area contributed by atoms with Crippen molar-refractivity contribution in [1.82, 2.24) is 10.6 Å².